The second kappa shape index (κ2) is 4.01. The maximum absolute atomic E-state index is 11.5. The van der Waals surface area contributed by atoms with Crippen LogP contribution in [0.3, 0.4) is 0 Å². The molecule has 7 heteroatoms. The molecule has 0 aromatic heterocycles. The van der Waals surface area contributed by atoms with Gasteiger partial charge in [-0.25, -0.2) is 0 Å². The fraction of sp³-hybridized carbons (Fsp3) is 0.556. The van der Waals surface area contributed by atoms with E-state index in [1.807, 2.05) is 0 Å². The minimum atomic E-state index is -0.874. The summed E-state index contributed by atoms with van der Waals surface area (Å²) in [6.45, 7) is -0.410. The molecule has 0 aliphatic carbocycles. The molecule has 0 aromatic carbocycles. The van der Waals surface area contributed by atoms with Crippen LogP contribution in [0.25, 0.3) is 0 Å². The van der Waals surface area contributed by atoms with Crippen molar-refractivity contribution in [2.75, 3.05) is 13.2 Å². The van der Waals surface area contributed by atoms with Gasteiger partial charge in [-0.05, 0) is 6.42 Å². The van der Waals surface area contributed by atoms with Crippen LogP contribution < -0.4 is 5.32 Å². The molecule has 4 amide bonds. The number of morpholine rings is 1. The third-order valence-corrected chi connectivity index (χ3v) is 2.51. The van der Waals surface area contributed by atoms with Gasteiger partial charge in [-0.15, -0.1) is 0 Å². The topological polar surface area (TPSA) is 92.8 Å². The number of rotatable bonds is 1. The summed E-state index contributed by atoms with van der Waals surface area (Å²) in [5, 5.41) is 2.10. The maximum Gasteiger partial charge on any atom is 0.255 e. The third kappa shape index (κ3) is 1.81. The van der Waals surface area contributed by atoms with E-state index in [9.17, 15) is 19.2 Å². The maximum atomic E-state index is 11.5. The molecule has 86 valence electrons. The number of nitrogens with zero attached hydrogens (tertiary/aromatic N) is 1. The lowest BCUT2D eigenvalue weighted by atomic mass is 10.0. The molecule has 2 aliphatic rings. The number of imide groups is 2. The summed E-state index contributed by atoms with van der Waals surface area (Å²) in [6.07, 6.45) is 0.316. The molecule has 0 aromatic rings. The molecular weight excluding hydrogens is 216 g/mol. The molecule has 0 bridgehead atoms. The van der Waals surface area contributed by atoms with Crippen LogP contribution in [-0.2, 0) is 23.9 Å². The zero-order valence-electron chi connectivity index (χ0n) is 8.39. The van der Waals surface area contributed by atoms with E-state index in [4.69, 9.17) is 4.74 Å². The first-order chi connectivity index (χ1) is 7.59. The number of hydrogen-bond donors (Lipinski definition) is 1. The molecule has 1 unspecified atom stereocenters. The summed E-state index contributed by atoms with van der Waals surface area (Å²) in [4.78, 5) is 46.2. The van der Waals surface area contributed by atoms with Crippen molar-refractivity contribution in [2.24, 2.45) is 0 Å². The highest BCUT2D eigenvalue weighted by molar-refractivity contribution is 6.07. The van der Waals surface area contributed by atoms with Crippen LogP contribution in [0.4, 0.5) is 0 Å². The third-order valence-electron chi connectivity index (χ3n) is 2.51. The Morgan fingerprint density at radius 2 is 1.75 bits per heavy atom. The molecule has 1 atom stereocenters. The SMILES string of the molecule is O=C1CCC(N2C(=O)COCC2=O)C(=O)N1. The fourth-order valence-corrected chi connectivity index (χ4v) is 1.78. The van der Waals surface area contributed by atoms with Gasteiger partial charge in [-0.2, -0.15) is 0 Å². The normalized spacial score (nSPS) is 27.0. The average molecular weight is 226 g/mol. The highest BCUT2D eigenvalue weighted by atomic mass is 16.5. The van der Waals surface area contributed by atoms with E-state index in [1.165, 1.54) is 0 Å². The molecule has 0 spiro atoms. The largest absolute Gasteiger partial charge is 0.362 e. The summed E-state index contributed by atoms with van der Waals surface area (Å²) in [7, 11) is 0. The summed E-state index contributed by atoms with van der Waals surface area (Å²) >= 11 is 0. The van der Waals surface area contributed by atoms with Gasteiger partial charge in [-0.1, -0.05) is 0 Å². The Hall–Kier alpha value is -1.76. The standard InChI is InChI=1S/C9H10N2O5/c12-6-2-1-5(9(15)10-6)11-7(13)3-16-4-8(11)14/h5H,1-4H2,(H,10,12,15). The van der Waals surface area contributed by atoms with Crippen LogP contribution in [0.2, 0.25) is 0 Å². The average Bonchev–Trinajstić information content (AvgIpc) is 2.20. The van der Waals surface area contributed by atoms with Crippen LogP contribution in [0.15, 0.2) is 0 Å². The number of nitrogens with one attached hydrogen (secondary N) is 1. The lowest BCUT2D eigenvalue weighted by molar-refractivity contribution is -0.166. The van der Waals surface area contributed by atoms with Crippen molar-refractivity contribution in [2.45, 2.75) is 18.9 Å². The molecule has 2 heterocycles. The van der Waals surface area contributed by atoms with Gasteiger partial charge in [0.1, 0.15) is 19.3 Å². The number of carbonyl (C=O) groups excluding carboxylic acids is 4. The smallest absolute Gasteiger partial charge is 0.255 e. The first-order valence-electron chi connectivity index (χ1n) is 4.86. The van der Waals surface area contributed by atoms with E-state index >= 15 is 0 Å². The Balaban J connectivity index is 2.16. The highest BCUT2D eigenvalue weighted by Gasteiger charge is 2.39. The monoisotopic (exact) mass is 226 g/mol. The van der Waals surface area contributed by atoms with Crippen molar-refractivity contribution >= 4 is 23.6 Å². The summed E-state index contributed by atoms with van der Waals surface area (Å²) < 4.78 is 4.73. The van der Waals surface area contributed by atoms with Crippen LogP contribution in [-0.4, -0.2) is 47.8 Å². The van der Waals surface area contributed by atoms with Gasteiger partial charge in [0.2, 0.25) is 11.8 Å². The number of ether oxygens (including phenoxy) is 1. The van der Waals surface area contributed by atoms with Gasteiger partial charge in [0.25, 0.3) is 11.8 Å². The number of hydrogen-bond acceptors (Lipinski definition) is 5. The quantitative estimate of drug-likeness (QED) is 0.531. The highest BCUT2D eigenvalue weighted by Crippen LogP contribution is 2.15. The van der Waals surface area contributed by atoms with Crippen molar-refractivity contribution in [3.8, 4) is 0 Å². The lowest BCUT2D eigenvalue weighted by Crippen LogP contribution is -2.59. The second-order valence-corrected chi connectivity index (χ2v) is 3.62. The molecule has 16 heavy (non-hydrogen) atoms. The van der Waals surface area contributed by atoms with Crippen molar-refractivity contribution in [1.29, 1.82) is 0 Å². The van der Waals surface area contributed by atoms with Crippen molar-refractivity contribution < 1.29 is 23.9 Å². The zero-order valence-corrected chi connectivity index (χ0v) is 8.39. The van der Waals surface area contributed by atoms with Crippen LogP contribution >= 0.6 is 0 Å². The first kappa shape index (κ1) is 10.7. The number of carbonyl (C=O) groups is 4. The lowest BCUT2D eigenvalue weighted by Gasteiger charge is -2.33. The molecule has 2 aliphatic heterocycles. The summed E-state index contributed by atoms with van der Waals surface area (Å²) in [6, 6.07) is -0.874. The Labute approximate surface area is 90.7 Å². The van der Waals surface area contributed by atoms with Crippen molar-refractivity contribution in [3.63, 3.8) is 0 Å². The Morgan fingerprint density at radius 3 is 2.31 bits per heavy atom. The minimum Gasteiger partial charge on any atom is -0.362 e. The van der Waals surface area contributed by atoms with Crippen molar-refractivity contribution in [1.82, 2.24) is 10.2 Å². The zero-order chi connectivity index (χ0) is 11.7. The van der Waals surface area contributed by atoms with Crippen LogP contribution in [0, 0.1) is 0 Å². The molecule has 2 saturated heterocycles. The van der Waals surface area contributed by atoms with Crippen molar-refractivity contribution in [3.05, 3.63) is 0 Å². The number of piperidine rings is 1. The molecule has 0 radical (unpaired) electrons. The summed E-state index contributed by atoms with van der Waals surface area (Å²) in [5.41, 5.74) is 0. The van der Waals surface area contributed by atoms with E-state index in [-0.39, 0.29) is 32.0 Å². The summed E-state index contributed by atoms with van der Waals surface area (Å²) in [5.74, 6) is -2.05. The fourth-order valence-electron chi connectivity index (χ4n) is 1.78. The van der Waals surface area contributed by atoms with E-state index in [0.29, 0.717) is 0 Å². The van der Waals surface area contributed by atoms with Gasteiger partial charge < -0.3 is 4.74 Å². The van der Waals surface area contributed by atoms with Gasteiger partial charge in [0.15, 0.2) is 0 Å². The molecule has 2 rings (SSSR count). The van der Waals surface area contributed by atoms with Crippen LogP contribution in [0.1, 0.15) is 12.8 Å². The molecule has 7 nitrogen and oxygen atoms in total. The Morgan fingerprint density at radius 1 is 1.12 bits per heavy atom. The minimum absolute atomic E-state index is 0.133. The van der Waals surface area contributed by atoms with Gasteiger partial charge in [0.05, 0.1) is 0 Å². The molecule has 0 saturated carbocycles. The van der Waals surface area contributed by atoms with E-state index < -0.39 is 23.8 Å². The Kier molecular flexibility index (Phi) is 2.69. The van der Waals surface area contributed by atoms with E-state index in [1.54, 1.807) is 0 Å². The second-order valence-electron chi connectivity index (χ2n) is 3.62. The van der Waals surface area contributed by atoms with E-state index in [0.717, 1.165) is 4.90 Å². The van der Waals surface area contributed by atoms with Crippen LogP contribution in [0.5, 0.6) is 0 Å². The van der Waals surface area contributed by atoms with Gasteiger partial charge in [0, 0.05) is 6.42 Å². The Bertz CT molecular complexity index is 362. The predicted molar refractivity (Wildman–Crippen MR) is 48.8 cm³/mol. The van der Waals surface area contributed by atoms with E-state index in [2.05, 4.69) is 5.32 Å². The molecule has 2 fully saturated rings. The molecule has 1 N–H and O–H groups in total. The number of amides is 4. The molecular formula is C9H10N2O5. The first-order valence-corrected chi connectivity index (χ1v) is 4.86. The predicted octanol–water partition coefficient (Wildman–Crippen LogP) is -1.82. The van der Waals surface area contributed by atoms with Gasteiger partial charge in [-0.3, -0.25) is 29.4 Å². The van der Waals surface area contributed by atoms with Gasteiger partial charge >= 0.3 is 0 Å².